The number of aliphatic hydroxyl groups is 3. The maximum absolute atomic E-state index is 10.1. The van der Waals surface area contributed by atoms with Gasteiger partial charge in [0.1, 0.15) is 17.9 Å². The van der Waals surface area contributed by atoms with Crippen LogP contribution in [0.4, 0.5) is 5.82 Å². The second-order valence-corrected chi connectivity index (χ2v) is 4.81. The summed E-state index contributed by atoms with van der Waals surface area (Å²) in [5, 5.41) is 29.1. The molecule has 0 aromatic carbocycles. The predicted octanol–water partition coefficient (Wildman–Crippen LogP) is -1.32. The number of nitrogens with zero attached hydrogens (tertiary/aromatic N) is 4. The molecule has 1 aliphatic carbocycles. The van der Waals surface area contributed by atoms with Crippen LogP contribution in [-0.4, -0.2) is 53.7 Å². The van der Waals surface area contributed by atoms with E-state index in [-0.39, 0.29) is 24.4 Å². The summed E-state index contributed by atoms with van der Waals surface area (Å²) in [6.07, 6.45) is 1.39. The van der Waals surface area contributed by atoms with Gasteiger partial charge in [0.2, 0.25) is 0 Å². The number of anilines is 1. The smallest absolute Gasteiger partial charge is 0.165 e. The summed E-state index contributed by atoms with van der Waals surface area (Å²) >= 11 is 0. The van der Waals surface area contributed by atoms with E-state index in [1.54, 1.807) is 4.57 Å². The van der Waals surface area contributed by atoms with Gasteiger partial charge in [-0.25, -0.2) is 15.0 Å². The van der Waals surface area contributed by atoms with Crippen molar-refractivity contribution in [3.63, 3.8) is 0 Å². The predicted molar refractivity (Wildman–Crippen MR) is 66.0 cm³/mol. The van der Waals surface area contributed by atoms with Gasteiger partial charge in [0.25, 0.3) is 0 Å². The van der Waals surface area contributed by atoms with Crippen molar-refractivity contribution in [1.29, 1.82) is 0 Å². The van der Waals surface area contributed by atoms with Gasteiger partial charge in [-0.05, 0) is 6.42 Å². The molecule has 4 atom stereocenters. The van der Waals surface area contributed by atoms with Crippen molar-refractivity contribution in [3.05, 3.63) is 12.7 Å². The molecule has 102 valence electrons. The second-order valence-electron chi connectivity index (χ2n) is 4.81. The van der Waals surface area contributed by atoms with Crippen LogP contribution in [0.1, 0.15) is 12.5 Å². The Balaban J connectivity index is 2.04. The molecular formula is C11H15N5O3. The molecule has 19 heavy (non-hydrogen) atoms. The van der Waals surface area contributed by atoms with E-state index < -0.39 is 12.2 Å². The van der Waals surface area contributed by atoms with E-state index in [0.29, 0.717) is 17.6 Å². The van der Waals surface area contributed by atoms with E-state index in [4.69, 9.17) is 5.73 Å². The van der Waals surface area contributed by atoms with Gasteiger partial charge in [0.05, 0.1) is 18.5 Å². The number of imidazole rings is 1. The number of nitrogen functional groups attached to an aromatic ring is 1. The summed E-state index contributed by atoms with van der Waals surface area (Å²) in [4.78, 5) is 12.1. The lowest BCUT2D eigenvalue weighted by Gasteiger charge is -2.18. The quantitative estimate of drug-likeness (QED) is 0.530. The number of hydrogen-bond donors (Lipinski definition) is 4. The molecule has 1 saturated carbocycles. The Labute approximate surface area is 108 Å². The van der Waals surface area contributed by atoms with E-state index in [0.717, 1.165) is 0 Å². The third kappa shape index (κ3) is 1.76. The highest BCUT2D eigenvalue weighted by molar-refractivity contribution is 5.81. The Bertz CT molecular complexity index is 601. The molecule has 5 N–H and O–H groups in total. The molecular weight excluding hydrogens is 250 g/mol. The van der Waals surface area contributed by atoms with Crippen molar-refractivity contribution >= 4 is 17.0 Å². The second kappa shape index (κ2) is 4.41. The van der Waals surface area contributed by atoms with Crippen LogP contribution in [0.3, 0.4) is 0 Å². The number of hydrogen-bond acceptors (Lipinski definition) is 7. The zero-order valence-electron chi connectivity index (χ0n) is 10.1. The Kier molecular flexibility index (Phi) is 2.85. The minimum Gasteiger partial charge on any atom is -0.396 e. The molecule has 0 radical (unpaired) electrons. The van der Waals surface area contributed by atoms with E-state index in [9.17, 15) is 15.3 Å². The lowest BCUT2D eigenvalue weighted by atomic mass is 10.1. The maximum Gasteiger partial charge on any atom is 0.165 e. The Morgan fingerprint density at radius 1 is 1.26 bits per heavy atom. The molecule has 0 aliphatic heterocycles. The molecule has 1 unspecified atom stereocenters. The fraction of sp³-hybridized carbons (Fsp3) is 0.545. The zero-order chi connectivity index (χ0) is 13.6. The number of rotatable bonds is 2. The molecule has 2 aromatic heterocycles. The summed E-state index contributed by atoms with van der Waals surface area (Å²) in [5.41, 5.74) is 6.69. The molecule has 8 heteroatoms. The molecule has 1 aliphatic rings. The third-order valence-electron chi connectivity index (χ3n) is 3.75. The summed E-state index contributed by atoms with van der Waals surface area (Å²) in [6.45, 7) is -0.168. The van der Waals surface area contributed by atoms with Crippen molar-refractivity contribution in [3.8, 4) is 0 Å². The number of nitrogens with two attached hydrogens (primary N) is 1. The normalized spacial score (nSPS) is 31.1. The molecule has 1 fully saturated rings. The molecule has 8 nitrogen and oxygen atoms in total. The van der Waals surface area contributed by atoms with Crippen LogP contribution in [0.25, 0.3) is 11.2 Å². The van der Waals surface area contributed by atoms with Gasteiger partial charge in [-0.3, -0.25) is 0 Å². The van der Waals surface area contributed by atoms with Crippen LogP contribution in [0.15, 0.2) is 12.7 Å². The van der Waals surface area contributed by atoms with E-state index in [2.05, 4.69) is 15.0 Å². The van der Waals surface area contributed by atoms with Crippen molar-refractivity contribution in [2.75, 3.05) is 12.3 Å². The van der Waals surface area contributed by atoms with Crippen LogP contribution < -0.4 is 5.73 Å². The van der Waals surface area contributed by atoms with Gasteiger partial charge in [-0.1, -0.05) is 0 Å². The first-order chi connectivity index (χ1) is 9.13. The van der Waals surface area contributed by atoms with Gasteiger partial charge < -0.3 is 25.6 Å². The summed E-state index contributed by atoms with van der Waals surface area (Å²) < 4.78 is 1.68. The molecule has 2 heterocycles. The first kappa shape index (κ1) is 12.3. The largest absolute Gasteiger partial charge is 0.396 e. The summed E-state index contributed by atoms with van der Waals surface area (Å²) in [5.74, 6) is -0.0767. The van der Waals surface area contributed by atoms with Crippen LogP contribution in [0.2, 0.25) is 0 Å². The molecule has 0 saturated heterocycles. The lowest BCUT2D eigenvalue weighted by Crippen LogP contribution is -2.30. The van der Waals surface area contributed by atoms with Crippen LogP contribution in [-0.2, 0) is 0 Å². The molecule has 3 rings (SSSR count). The van der Waals surface area contributed by atoms with E-state index >= 15 is 0 Å². The minimum atomic E-state index is -0.967. The highest BCUT2D eigenvalue weighted by atomic mass is 16.3. The third-order valence-corrected chi connectivity index (χ3v) is 3.75. The van der Waals surface area contributed by atoms with E-state index in [1.807, 2.05) is 0 Å². The first-order valence-electron chi connectivity index (χ1n) is 6.03. The topological polar surface area (TPSA) is 130 Å². The van der Waals surface area contributed by atoms with Gasteiger partial charge in [0.15, 0.2) is 11.5 Å². The Hall–Kier alpha value is -1.77. The van der Waals surface area contributed by atoms with Gasteiger partial charge in [0, 0.05) is 12.5 Å². The van der Waals surface area contributed by atoms with Crippen molar-refractivity contribution in [2.24, 2.45) is 5.92 Å². The number of fused-ring (bicyclic) bond motifs is 1. The maximum atomic E-state index is 10.1. The monoisotopic (exact) mass is 265 g/mol. The fourth-order valence-corrected chi connectivity index (χ4v) is 2.67. The van der Waals surface area contributed by atoms with Crippen molar-refractivity contribution < 1.29 is 15.3 Å². The molecule has 0 amide bonds. The minimum absolute atomic E-state index is 0.168. The van der Waals surface area contributed by atoms with Crippen molar-refractivity contribution in [2.45, 2.75) is 24.7 Å². The average molecular weight is 265 g/mol. The van der Waals surface area contributed by atoms with E-state index in [1.165, 1.54) is 12.7 Å². The van der Waals surface area contributed by atoms with Gasteiger partial charge in [-0.2, -0.15) is 0 Å². The standard InChI is InChI=1S/C11H15N5O3/c12-10-7-11(14-3-13-10)16(4-15-7)6-1-5(2-17)8(18)9(6)19/h3-6,8-9,17-19H,1-2H2,(H2,12,13,14)/t5?,6-,8+,9+/m1/s1. The Morgan fingerprint density at radius 3 is 2.74 bits per heavy atom. The molecule has 2 aromatic rings. The van der Waals surface area contributed by atoms with Crippen LogP contribution >= 0.6 is 0 Å². The SMILES string of the molecule is Nc1ncnc2c1ncn2[C@@H]1CC(CO)[C@H](O)[C@H]1O. The first-order valence-corrected chi connectivity index (χ1v) is 6.03. The van der Waals surface area contributed by atoms with Gasteiger partial charge in [-0.15, -0.1) is 0 Å². The lowest BCUT2D eigenvalue weighted by molar-refractivity contribution is -0.00370. The number of aromatic nitrogens is 4. The highest BCUT2D eigenvalue weighted by Gasteiger charge is 2.42. The fourth-order valence-electron chi connectivity index (χ4n) is 2.67. The van der Waals surface area contributed by atoms with Gasteiger partial charge >= 0.3 is 0 Å². The Morgan fingerprint density at radius 2 is 2.05 bits per heavy atom. The summed E-state index contributed by atoms with van der Waals surface area (Å²) in [7, 11) is 0. The zero-order valence-corrected chi connectivity index (χ0v) is 10.1. The average Bonchev–Trinajstić information content (AvgIpc) is 2.94. The number of aliphatic hydroxyl groups excluding tert-OH is 3. The molecule has 0 bridgehead atoms. The molecule has 0 spiro atoms. The highest BCUT2D eigenvalue weighted by Crippen LogP contribution is 2.36. The van der Waals surface area contributed by atoms with Crippen molar-refractivity contribution in [1.82, 2.24) is 19.5 Å². The summed E-state index contributed by atoms with van der Waals surface area (Å²) in [6, 6.07) is -0.383. The van der Waals surface area contributed by atoms with Crippen LogP contribution in [0.5, 0.6) is 0 Å². The van der Waals surface area contributed by atoms with Crippen LogP contribution in [0, 0.1) is 5.92 Å².